The number of nitrogens with one attached hydrogen (secondary N) is 3. The number of hydrogen-bond acceptors (Lipinski definition) is 8. The zero-order chi connectivity index (χ0) is 18.1. The molecule has 136 valence electrons. The Balaban J connectivity index is 2.04. The van der Waals surface area contributed by atoms with Gasteiger partial charge >= 0.3 is 0 Å². The van der Waals surface area contributed by atoms with Gasteiger partial charge in [0.1, 0.15) is 5.82 Å². The molecule has 1 heterocycles. The number of aliphatic imine (C=N–C) groups is 1. The molecule has 0 radical (unpaired) electrons. The van der Waals surface area contributed by atoms with Gasteiger partial charge in [-0.3, -0.25) is 15.4 Å². The van der Waals surface area contributed by atoms with Crippen LogP contribution < -0.4 is 15.5 Å². The van der Waals surface area contributed by atoms with Crippen LogP contribution in [0.15, 0.2) is 27.8 Å². The summed E-state index contributed by atoms with van der Waals surface area (Å²) in [7, 11) is 0. The van der Waals surface area contributed by atoms with Crippen LogP contribution in [-0.2, 0) is 0 Å². The number of benzene rings is 1. The minimum absolute atomic E-state index is 0.00825. The highest BCUT2D eigenvalue weighted by Crippen LogP contribution is 2.22. The molecule has 25 heavy (non-hydrogen) atoms. The topological polar surface area (TPSA) is 108 Å². The predicted molar refractivity (Wildman–Crippen MR) is 96.1 cm³/mol. The van der Waals surface area contributed by atoms with E-state index in [1.807, 2.05) is 5.48 Å². The standard InChI is InChI=1S/C14H18ClFN6O2S/c1-2-25-18-7-3-6-17-13-12(21-24-22-13)14(20-23)19-9-4-5-11(16)10(15)8-9/h4-5,8,18,23H,2-3,6-7H2,1H3,(H,17,22)(H,19,20). The number of amidine groups is 1. The lowest BCUT2D eigenvalue weighted by Crippen LogP contribution is -2.22. The SMILES string of the molecule is CCSNCCCNc1nonc1C(=Nc1ccc(F)c(Cl)c1)NO. The Labute approximate surface area is 153 Å². The lowest BCUT2D eigenvalue weighted by atomic mass is 10.3. The zero-order valence-electron chi connectivity index (χ0n) is 13.4. The molecule has 0 bridgehead atoms. The third-order valence-corrected chi connectivity index (χ3v) is 3.94. The molecular formula is C14H18ClFN6O2S. The van der Waals surface area contributed by atoms with Crippen molar-refractivity contribution in [2.24, 2.45) is 4.99 Å². The van der Waals surface area contributed by atoms with Crippen LogP contribution in [0, 0.1) is 5.82 Å². The molecule has 11 heteroatoms. The maximum atomic E-state index is 13.2. The molecule has 1 aromatic heterocycles. The van der Waals surface area contributed by atoms with Gasteiger partial charge < -0.3 is 5.32 Å². The molecule has 2 rings (SSSR count). The van der Waals surface area contributed by atoms with Crippen molar-refractivity contribution in [3.63, 3.8) is 0 Å². The maximum absolute atomic E-state index is 13.2. The van der Waals surface area contributed by atoms with Gasteiger partial charge in [0.15, 0.2) is 11.5 Å². The van der Waals surface area contributed by atoms with E-state index in [9.17, 15) is 9.60 Å². The van der Waals surface area contributed by atoms with Crippen LogP contribution in [0.3, 0.4) is 0 Å². The number of rotatable bonds is 9. The van der Waals surface area contributed by atoms with E-state index in [0.29, 0.717) is 18.1 Å². The second-order valence-corrected chi connectivity index (χ2v) is 6.30. The van der Waals surface area contributed by atoms with Crippen molar-refractivity contribution in [3.05, 3.63) is 34.7 Å². The second kappa shape index (κ2) is 10.2. The fourth-order valence-electron chi connectivity index (χ4n) is 1.82. The van der Waals surface area contributed by atoms with E-state index in [-0.39, 0.29) is 16.6 Å². The lowest BCUT2D eigenvalue weighted by molar-refractivity contribution is 0.234. The molecule has 8 nitrogen and oxygen atoms in total. The Hall–Kier alpha value is -1.88. The monoisotopic (exact) mass is 388 g/mol. The van der Waals surface area contributed by atoms with E-state index in [1.165, 1.54) is 18.2 Å². The van der Waals surface area contributed by atoms with E-state index < -0.39 is 5.82 Å². The first kappa shape index (κ1) is 19.4. The smallest absolute Gasteiger partial charge is 0.202 e. The summed E-state index contributed by atoms with van der Waals surface area (Å²) in [5, 5.41) is 19.8. The van der Waals surface area contributed by atoms with E-state index in [0.717, 1.165) is 18.7 Å². The number of hydrogen-bond donors (Lipinski definition) is 4. The lowest BCUT2D eigenvalue weighted by Gasteiger charge is -2.06. The summed E-state index contributed by atoms with van der Waals surface area (Å²) in [6.07, 6.45) is 0.853. The Morgan fingerprint density at radius 1 is 1.40 bits per heavy atom. The van der Waals surface area contributed by atoms with Gasteiger partial charge in [0.05, 0.1) is 10.7 Å². The Kier molecular flexibility index (Phi) is 7.92. The van der Waals surface area contributed by atoms with E-state index >= 15 is 0 Å². The van der Waals surface area contributed by atoms with Gasteiger partial charge in [0.2, 0.25) is 5.82 Å². The number of hydroxylamine groups is 1. The van der Waals surface area contributed by atoms with Gasteiger partial charge in [-0.2, -0.15) is 0 Å². The summed E-state index contributed by atoms with van der Waals surface area (Å²) >= 11 is 7.37. The minimum atomic E-state index is -0.556. The normalized spacial score (nSPS) is 11.6. The average Bonchev–Trinajstić information content (AvgIpc) is 3.07. The molecule has 0 aliphatic rings. The molecular weight excluding hydrogens is 371 g/mol. The highest BCUT2D eigenvalue weighted by atomic mass is 35.5. The first-order valence-electron chi connectivity index (χ1n) is 7.51. The van der Waals surface area contributed by atoms with Crippen molar-refractivity contribution in [2.75, 3.05) is 24.2 Å². The fourth-order valence-corrected chi connectivity index (χ4v) is 2.48. The van der Waals surface area contributed by atoms with Gasteiger partial charge in [0.25, 0.3) is 0 Å². The van der Waals surface area contributed by atoms with Crippen molar-refractivity contribution < 1.29 is 14.2 Å². The van der Waals surface area contributed by atoms with Crippen molar-refractivity contribution in [2.45, 2.75) is 13.3 Å². The van der Waals surface area contributed by atoms with Gasteiger partial charge in [-0.15, -0.1) is 0 Å². The molecule has 2 aromatic rings. The van der Waals surface area contributed by atoms with Crippen molar-refractivity contribution in [1.29, 1.82) is 0 Å². The number of anilines is 1. The summed E-state index contributed by atoms with van der Waals surface area (Å²) in [6.45, 7) is 3.53. The van der Waals surface area contributed by atoms with Crippen LogP contribution in [0.2, 0.25) is 5.02 Å². The zero-order valence-corrected chi connectivity index (χ0v) is 15.0. The molecule has 1 aromatic carbocycles. The molecule has 0 atom stereocenters. The molecule has 0 aliphatic carbocycles. The van der Waals surface area contributed by atoms with Crippen LogP contribution in [0.1, 0.15) is 19.0 Å². The molecule has 0 fully saturated rings. The molecule has 0 saturated heterocycles. The first-order chi connectivity index (χ1) is 12.2. The third kappa shape index (κ3) is 5.85. The van der Waals surface area contributed by atoms with Gasteiger partial charge in [0, 0.05) is 18.8 Å². The Morgan fingerprint density at radius 2 is 2.24 bits per heavy atom. The van der Waals surface area contributed by atoms with Crippen LogP contribution >= 0.6 is 23.5 Å². The first-order valence-corrected chi connectivity index (χ1v) is 8.87. The van der Waals surface area contributed by atoms with Crippen molar-refractivity contribution in [1.82, 2.24) is 20.5 Å². The number of halogens is 2. The van der Waals surface area contributed by atoms with Gasteiger partial charge in [-0.1, -0.05) is 30.5 Å². The quantitative estimate of drug-likeness (QED) is 0.171. The van der Waals surface area contributed by atoms with Crippen LogP contribution in [0.4, 0.5) is 15.9 Å². The van der Waals surface area contributed by atoms with Gasteiger partial charge in [-0.25, -0.2) is 14.0 Å². The maximum Gasteiger partial charge on any atom is 0.202 e. The highest BCUT2D eigenvalue weighted by Gasteiger charge is 2.16. The second-order valence-electron chi connectivity index (χ2n) is 4.74. The van der Waals surface area contributed by atoms with Crippen LogP contribution in [-0.4, -0.2) is 40.2 Å². The molecule has 4 N–H and O–H groups in total. The molecule has 0 amide bonds. The molecule has 0 aliphatic heterocycles. The average molecular weight is 389 g/mol. The Bertz CT molecular complexity index is 714. The summed E-state index contributed by atoms with van der Waals surface area (Å²) in [5.41, 5.74) is 2.47. The van der Waals surface area contributed by atoms with E-state index in [1.54, 1.807) is 11.9 Å². The summed E-state index contributed by atoms with van der Waals surface area (Å²) < 4.78 is 21.1. The highest BCUT2D eigenvalue weighted by molar-refractivity contribution is 7.97. The van der Waals surface area contributed by atoms with Crippen LogP contribution in [0.25, 0.3) is 0 Å². The van der Waals surface area contributed by atoms with Gasteiger partial charge in [-0.05, 0) is 34.9 Å². The third-order valence-electron chi connectivity index (χ3n) is 2.96. The molecule has 0 spiro atoms. The summed E-state index contributed by atoms with van der Waals surface area (Å²) in [6, 6.07) is 3.92. The van der Waals surface area contributed by atoms with Crippen molar-refractivity contribution >= 4 is 40.9 Å². The summed E-state index contributed by atoms with van der Waals surface area (Å²) in [5.74, 6) is 0.766. The fraction of sp³-hybridized carbons (Fsp3) is 0.357. The van der Waals surface area contributed by atoms with Crippen LogP contribution in [0.5, 0.6) is 0 Å². The molecule has 0 saturated carbocycles. The number of aromatic nitrogens is 2. The predicted octanol–water partition coefficient (Wildman–Crippen LogP) is 2.98. The Morgan fingerprint density at radius 3 is 2.96 bits per heavy atom. The number of nitrogens with zero attached hydrogens (tertiary/aromatic N) is 3. The minimum Gasteiger partial charge on any atom is -0.365 e. The largest absolute Gasteiger partial charge is 0.365 e. The molecule has 0 unspecified atom stereocenters. The van der Waals surface area contributed by atoms with Crippen molar-refractivity contribution in [3.8, 4) is 0 Å². The van der Waals surface area contributed by atoms with E-state index in [2.05, 4.69) is 32.3 Å². The van der Waals surface area contributed by atoms with E-state index in [4.69, 9.17) is 16.2 Å². The summed E-state index contributed by atoms with van der Waals surface area (Å²) in [4.78, 5) is 4.14.